The van der Waals surface area contributed by atoms with Crippen molar-refractivity contribution in [1.82, 2.24) is 9.97 Å². The summed E-state index contributed by atoms with van der Waals surface area (Å²) in [6, 6.07) is 9.40. The van der Waals surface area contributed by atoms with Gasteiger partial charge in [-0.3, -0.25) is 4.72 Å². The zero-order valence-electron chi connectivity index (χ0n) is 23.2. The van der Waals surface area contributed by atoms with Gasteiger partial charge in [-0.1, -0.05) is 6.07 Å². The number of halogens is 2. The molecule has 0 unspecified atom stereocenters. The van der Waals surface area contributed by atoms with Gasteiger partial charge in [0, 0.05) is 50.4 Å². The molecule has 2 aliphatic heterocycles. The average Bonchev–Trinajstić information content (AvgIpc) is 3.68. The normalized spacial score (nSPS) is 19.9. The lowest BCUT2D eigenvalue weighted by atomic mass is 9.93. The van der Waals surface area contributed by atoms with Crippen LogP contribution in [0, 0.1) is 12.3 Å². The minimum atomic E-state index is -3.72. The first-order valence-corrected chi connectivity index (χ1v) is 15.9. The molecule has 0 amide bonds. The van der Waals surface area contributed by atoms with Crippen molar-refractivity contribution in [1.29, 1.82) is 0 Å². The van der Waals surface area contributed by atoms with Crippen LogP contribution >= 0.6 is 0 Å². The first-order chi connectivity index (χ1) is 19.6. The van der Waals surface area contributed by atoms with E-state index in [2.05, 4.69) is 24.9 Å². The van der Waals surface area contributed by atoms with Crippen LogP contribution in [-0.4, -0.2) is 68.0 Å². The number of aryl methyl sites for hydroxylation is 1. The highest BCUT2D eigenvalue weighted by molar-refractivity contribution is 7.92. The summed E-state index contributed by atoms with van der Waals surface area (Å²) in [6.07, 6.45) is 5.82. The molecule has 1 aliphatic carbocycles. The number of piperidine rings is 2. The van der Waals surface area contributed by atoms with Gasteiger partial charge in [0.2, 0.25) is 10.0 Å². The second-order valence-corrected chi connectivity index (χ2v) is 13.6. The molecule has 1 saturated carbocycles. The lowest BCUT2D eigenvalue weighted by Gasteiger charge is -2.35. The number of aromatic nitrogens is 2. The average molecular weight is 587 g/mol. The highest BCUT2D eigenvalue weighted by atomic mass is 32.2. The number of rotatable bonds is 8. The zero-order valence-corrected chi connectivity index (χ0v) is 24.0. The van der Waals surface area contributed by atoms with Gasteiger partial charge in [0.05, 0.1) is 34.6 Å². The summed E-state index contributed by atoms with van der Waals surface area (Å²) in [5.41, 5.74) is 4.97. The number of anilines is 5. The summed E-state index contributed by atoms with van der Waals surface area (Å²) in [5, 5.41) is 13.4. The van der Waals surface area contributed by atoms with Crippen molar-refractivity contribution in [2.75, 3.05) is 58.4 Å². The van der Waals surface area contributed by atoms with Gasteiger partial charge in [0.1, 0.15) is 12.1 Å². The Morgan fingerprint density at radius 1 is 0.902 bits per heavy atom. The van der Waals surface area contributed by atoms with E-state index in [1.54, 1.807) is 6.07 Å². The van der Waals surface area contributed by atoms with Crippen molar-refractivity contribution in [2.24, 2.45) is 5.41 Å². The fourth-order valence-corrected chi connectivity index (χ4v) is 6.88. The van der Waals surface area contributed by atoms with Crippen LogP contribution in [0.1, 0.15) is 44.1 Å². The number of aliphatic hydroxyl groups excluding tert-OH is 1. The van der Waals surface area contributed by atoms with Crippen LogP contribution in [0.2, 0.25) is 0 Å². The molecule has 1 aromatic heterocycles. The van der Waals surface area contributed by atoms with Crippen molar-refractivity contribution < 1.29 is 22.3 Å². The number of aliphatic hydroxyl groups is 1. The molecule has 12 heteroatoms. The number of fused-ring (bicyclic) bond motifs is 1. The number of alkyl halides is 2. The maximum atomic E-state index is 13.8. The molecule has 3 heterocycles. The third-order valence-electron chi connectivity index (χ3n) is 8.78. The Bertz CT molecular complexity index is 1540. The number of nitrogens with zero attached hydrogens (tertiary/aromatic N) is 4. The Kier molecular flexibility index (Phi) is 7.17. The lowest BCUT2D eigenvalue weighted by molar-refractivity contribution is -0.0220. The van der Waals surface area contributed by atoms with E-state index in [0.717, 1.165) is 53.9 Å². The molecule has 3 N–H and O–H groups in total. The van der Waals surface area contributed by atoms with Crippen LogP contribution < -0.4 is 19.8 Å². The molecular weight excluding hydrogens is 550 g/mol. The van der Waals surface area contributed by atoms with Crippen molar-refractivity contribution in [2.45, 2.75) is 51.4 Å². The highest BCUT2D eigenvalue weighted by Crippen LogP contribution is 2.54. The van der Waals surface area contributed by atoms with Gasteiger partial charge in [-0.05, 0) is 67.9 Å². The van der Waals surface area contributed by atoms with Gasteiger partial charge in [-0.15, -0.1) is 0 Å². The molecule has 2 aromatic carbocycles. The maximum Gasteiger partial charge on any atom is 0.251 e. The summed E-state index contributed by atoms with van der Waals surface area (Å²) < 4.78 is 55.1. The van der Waals surface area contributed by atoms with Crippen molar-refractivity contribution in [3.05, 3.63) is 42.2 Å². The summed E-state index contributed by atoms with van der Waals surface area (Å²) in [5.74, 6) is -2.43. The Balaban J connectivity index is 1.36. The van der Waals surface area contributed by atoms with Gasteiger partial charge in [0.25, 0.3) is 5.92 Å². The second-order valence-electron chi connectivity index (χ2n) is 11.7. The van der Waals surface area contributed by atoms with Gasteiger partial charge < -0.3 is 20.2 Å². The predicted molar refractivity (Wildman–Crippen MR) is 158 cm³/mol. The molecule has 41 heavy (non-hydrogen) atoms. The van der Waals surface area contributed by atoms with E-state index in [0.29, 0.717) is 35.5 Å². The number of benzene rings is 2. The fraction of sp³-hybridized carbons (Fsp3) is 0.517. The quantitative estimate of drug-likeness (QED) is 0.337. The predicted octanol–water partition coefficient (Wildman–Crippen LogP) is 5.03. The fourth-order valence-electron chi connectivity index (χ4n) is 6.06. The largest absolute Gasteiger partial charge is 0.395 e. The third-order valence-corrected chi connectivity index (χ3v) is 10.0. The van der Waals surface area contributed by atoms with Gasteiger partial charge in [-0.25, -0.2) is 27.2 Å². The maximum absolute atomic E-state index is 13.8. The van der Waals surface area contributed by atoms with E-state index in [1.165, 1.54) is 19.2 Å². The number of sulfonamides is 1. The molecule has 0 bridgehead atoms. The molecule has 2 saturated heterocycles. The van der Waals surface area contributed by atoms with Gasteiger partial charge >= 0.3 is 0 Å². The zero-order chi connectivity index (χ0) is 28.8. The van der Waals surface area contributed by atoms with E-state index in [4.69, 9.17) is 0 Å². The summed E-state index contributed by atoms with van der Waals surface area (Å²) in [4.78, 5) is 13.4. The van der Waals surface area contributed by atoms with Gasteiger partial charge in [0.15, 0.2) is 0 Å². The molecule has 0 atom stereocenters. The smallest absolute Gasteiger partial charge is 0.251 e. The lowest BCUT2D eigenvalue weighted by Crippen LogP contribution is -2.39. The molecule has 9 nitrogen and oxygen atoms in total. The van der Waals surface area contributed by atoms with Crippen LogP contribution in [-0.2, 0) is 10.0 Å². The van der Waals surface area contributed by atoms with E-state index in [-0.39, 0.29) is 12.8 Å². The van der Waals surface area contributed by atoms with Crippen molar-refractivity contribution >= 4 is 49.5 Å². The third kappa shape index (κ3) is 6.04. The molecule has 3 aliphatic rings. The van der Waals surface area contributed by atoms with Crippen molar-refractivity contribution in [3.63, 3.8) is 0 Å². The minimum absolute atomic E-state index is 0.161. The Morgan fingerprint density at radius 3 is 2.24 bits per heavy atom. The van der Waals surface area contributed by atoms with E-state index >= 15 is 0 Å². The number of hydrogen-bond acceptors (Lipinski definition) is 8. The van der Waals surface area contributed by atoms with Crippen LogP contribution in [0.5, 0.6) is 0 Å². The second kappa shape index (κ2) is 10.5. The molecule has 0 radical (unpaired) electrons. The van der Waals surface area contributed by atoms with Crippen LogP contribution in [0.3, 0.4) is 0 Å². The van der Waals surface area contributed by atoms with Crippen LogP contribution in [0.4, 0.5) is 37.3 Å². The standard InChI is InChI=1S/C29H36F2N6O3S/c1-20-2-3-21(17-24(20)36-12-8-29(30,31)9-13-36)34-27-26-23(32-19-33-27)16-22(35-41(39,40)15-14-38)18-25(26)37-10-6-28(4-5-28)7-11-37/h2-3,16-19,35,38H,4-15H2,1H3,(H,32,33,34). The molecule has 220 valence electrons. The minimum Gasteiger partial charge on any atom is -0.395 e. The molecule has 3 aromatic rings. The summed E-state index contributed by atoms with van der Waals surface area (Å²) in [6.45, 7) is 3.80. The van der Waals surface area contributed by atoms with Gasteiger partial charge in [-0.2, -0.15) is 0 Å². The first kappa shape index (κ1) is 27.9. The number of nitrogens with one attached hydrogen (secondary N) is 2. The molecule has 6 rings (SSSR count). The van der Waals surface area contributed by atoms with Crippen molar-refractivity contribution in [3.8, 4) is 0 Å². The van der Waals surface area contributed by atoms with E-state index in [9.17, 15) is 22.3 Å². The first-order valence-electron chi connectivity index (χ1n) is 14.2. The topological polar surface area (TPSA) is 111 Å². The SMILES string of the molecule is Cc1ccc(Nc2ncnc3cc(NS(=O)(=O)CCO)cc(N4CCC5(CC4)CC5)c23)cc1N1CCC(F)(F)CC1. The number of hydrogen-bond donors (Lipinski definition) is 3. The molecule has 1 spiro atoms. The monoisotopic (exact) mass is 586 g/mol. The van der Waals surface area contributed by atoms with Crippen LogP contribution in [0.15, 0.2) is 36.7 Å². The summed E-state index contributed by atoms with van der Waals surface area (Å²) in [7, 11) is -3.72. The van der Waals surface area contributed by atoms with E-state index in [1.807, 2.05) is 36.1 Å². The Labute approximate surface area is 239 Å². The van der Waals surface area contributed by atoms with Crippen LogP contribution in [0.25, 0.3) is 10.9 Å². The Morgan fingerprint density at radius 2 is 1.56 bits per heavy atom. The Hall–Kier alpha value is -3.25. The van der Waals surface area contributed by atoms with E-state index < -0.39 is 28.3 Å². The molecular formula is C29H36F2N6O3S. The highest BCUT2D eigenvalue weighted by Gasteiger charge is 2.44. The summed E-state index contributed by atoms with van der Waals surface area (Å²) >= 11 is 0. The molecule has 3 fully saturated rings.